The number of alkyl carbamates (subject to hydrolysis) is 1. The highest BCUT2D eigenvalue weighted by atomic mass is 16.5. The molecule has 68 heavy (non-hydrogen) atoms. The zero-order valence-corrected chi connectivity index (χ0v) is 40.6. The molecule has 15 heteroatoms. The number of aromatic nitrogens is 4. The Bertz CT molecular complexity index is 2560. The molecule has 3 aliphatic rings. The van der Waals surface area contributed by atoms with E-state index in [0.29, 0.717) is 13.1 Å². The first-order valence-corrected chi connectivity index (χ1v) is 24.2. The maximum Gasteiger partial charge on any atom is 0.407 e. The lowest BCUT2D eigenvalue weighted by Gasteiger charge is -2.34. The van der Waals surface area contributed by atoms with Crippen molar-refractivity contribution in [3.63, 3.8) is 0 Å². The number of nitrogens with one attached hydrogen (secondary N) is 4. The SMILES string of the molecule is COC(=O)N[C@H](C(=O)N1CCC[C@H]1c1cc(-c2ccc([C@@H]3CC[C@H](c4ccc(-c5cc([C@@H]6CCCN6C(=O)[C@@H](NC(=O)O)C(C)C)[nH]n5)cc4)N3c3ccc(C(C)(C)C)cc3)cc2)n[nH]1)C(C)C. The van der Waals surface area contributed by atoms with Gasteiger partial charge in [-0.2, -0.15) is 10.2 Å². The number of carboxylic acid groups (broad SMARTS) is 1. The predicted molar refractivity (Wildman–Crippen MR) is 262 cm³/mol. The molecule has 3 aromatic carbocycles. The van der Waals surface area contributed by atoms with Crippen molar-refractivity contribution in [3.8, 4) is 22.5 Å². The van der Waals surface area contributed by atoms with Crippen LogP contribution in [0.1, 0.15) is 139 Å². The highest BCUT2D eigenvalue weighted by Crippen LogP contribution is 2.48. The standard InChI is InChI=1S/C53H67N9O6/c1-31(2)47(54-51(65)66)49(63)60-27-9-11-45(60)41-29-39(56-58-41)33-13-17-35(18-14-33)43-25-26-44(62(43)38-23-21-37(22-24-38)53(5,6)7)36-19-15-34(16-20-36)40-30-42(59-57-40)46-12-10-28-61(46)50(64)48(32(3)4)55-52(67)68-8/h13-24,29-32,43-48,54H,9-12,25-28H2,1-8H3,(H,55,67)(H,56,58)(H,57,59)(H,65,66)/t43-,44+,45+,46+,47+,48+/m1/s1. The number of rotatable bonds is 13. The smallest absolute Gasteiger partial charge is 0.407 e. The third-order valence-corrected chi connectivity index (χ3v) is 14.2. The summed E-state index contributed by atoms with van der Waals surface area (Å²) in [4.78, 5) is 57.1. The lowest BCUT2D eigenvalue weighted by molar-refractivity contribution is -0.136. The molecule has 0 spiro atoms. The van der Waals surface area contributed by atoms with E-state index >= 15 is 0 Å². The topological polar surface area (TPSA) is 189 Å². The van der Waals surface area contributed by atoms with Crippen LogP contribution in [-0.4, -0.2) is 91.6 Å². The second-order valence-corrected chi connectivity index (χ2v) is 20.4. The molecule has 3 saturated heterocycles. The second-order valence-electron chi connectivity index (χ2n) is 20.4. The number of benzene rings is 3. The van der Waals surface area contributed by atoms with Gasteiger partial charge in [0.2, 0.25) is 11.8 Å². The molecule has 4 amide bonds. The number of ether oxygens (including phenoxy) is 1. The van der Waals surface area contributed by atoms with E-state index in [1.807, 2.05) is 44.7 Å². The number of hydrogen-bond donors (Lipinski definition) is 5. The number of carbonyl (C=O) groups excluding carboxylic acids is 3. The summed E-state index contributed by atoms with van der Waals surface area (Å²) in [5.41, 5.74) is 10.2. The number of hydrogen-bond acceptors (Lipinski definition) is 8. The fourth-order valence-electron chi connectivity index (χ4n) is 10.4. The first-order valence-electron chi connectivity index (χ1n) is 24.2. The number of carbonyl (C=O) groups is 4. The monoisotopic (exact) mass is 926 g/mol. The summed E-state index contributed by atoms with van der Waals surface area (Å²) < 4.78 is 4.81. The van der Waals surface area contributed by atoms with E-state index < -0.39 is 24.3 Å². The number of nitrogens with zero attached hydrogens (tertiary/aromatic N) is 5. The molecule has 5 N–H and O–H groups in total. The van der Waals surface area contributed by atoms with Gasteiger partial charge in [-0.15, -0.1) is 0 Å². The molecular weight excluding hydrogens is 859 g/mol. The van der Waals surface area contributed by atoms with Gasteiger partial charge in [0.05, 0.1) is 54.1 Å². The van der Waals surface area contributed by atoms with Crippen molar-refractivity contribution in [2.45, 2.75) is 129 Å². The van der Waals surface area contributed by atoms with E-state index in [1.54, 1.807) is 4.90 Å². The van der Waals surface area contributed by atoms with E-state index in [4.69, 9.17) is 9.84 Å². The van der Waals surface area contributed by atoms with Crippen LogP contribution in [-0.2, 0) is 19.7 Å². The molecule has 0 radical (unpaired) electrons. The van der Waals surface area contributed by atoms with Crippen LogP contribution >= 0.6 is 0 Å². The fraction of sp³-hybridized carbons (Fsp3) is 0.472. The van der Waals surface area contributed by atoms with Crippen molar-refractivity contribution in [1.29, 1.82) is 0 Å². The van der Waals surface area contributed by atoms with Crippen LogP contribution in [0, 0.1) is 11.8 Å². The van der Waals surface area contributed by atoms with Gasteiger partial charge in [-0.3, -0.25) is 19.8 Å². The Hall–Kier alpha value is -6.64. The summed E-state index contributed by atoms with van der Waals surface area (Å²) in [6.07, 6.45) is 3.36. The molecule has 8 rings (SSSR count). The van der Waals surface area contributed by atoms with Gasteiger partial charge in [0.25, 0.3) is 0 Å². The summed E-state index contributed by atoms with van der Waals surface area (Å²) in [6.45, 7) is 15.4. The van der Waals surface area contributed by atoms with Crippen LogP contribution in [0.5, 0.6) is 0 Å². The number of methoxy groups -OCH3 is 1. The Morgan fingerprint density at radius 3 is 1.49 bits per heavy atom. The highest BCUT2D eigenvalue weighted by Gasteiger charge is 2.40. The minimum absolute atomic E-state index is 0.0235. The van der Waals surface area contributed by atoms with Gasteiger partial charge in [-0.25, -0.2) is 9.59 Å². The van der Waals surface area contributed by atoms with Crippen molar-refractivity contribution in [3.05, 3.63) is 113 Å². The lowest BCUT2D eigenvalue weighted by atomic mass is 9.87. The summed E-state index contributed by atoms with van der Waals surface area (Å²) in [5, 5.41) is 30.4. The molecule has 360 valence electrons. The van der Waals surface area contributed by atoms with Gasteiger partial charge < -0.3 is 35.2 Å². The first kappa shape index (κ1) is 47.8. The van der Waals surface area contributed by atoms with Crippen LogP contribution in [0.15, 0.2) is 84.9 Å². The molecule has 15 nitrogen and oxygen atoms in total. The van der Waals surface area contributed by atoms with Crippen LogP contribution in [0.3, 0.4) is 0 Å². The van der Waals surface area contributed by atoms with Crippen molar-refractivity contribution in [2.24, 2.45) is 11.8 Å². The number of anilines is 1. The maximum absolute atomic E-state index is 13.7. The summed E-state index contributed by atoms with van der Waals surface area (Å²) in [6, 6.07) is 28.8. The van der Waals surface area contributed by atoms with Gasteiger partial charge >= 0.3 is 12.2 Å². The quantitative estimate of drug-likeness (QED) is 0.0766. The van der Waals surface area contributed by atoms with E-state index in [9.17, 15) is 24.3 Å². The third kappa shape index (κ3) is 9.98. The summed E-state index contributed by atoms with van der Waals surface area (Å²) in [5.74, 6) is -0.633. The Kier molecular flexibility index (Phi) is 14.0. The zero-order chi connectivity index (χ0) is 48.4. The Morgan fingerprint density at radius 2 is 1.09 bits per heavy atom. The fourth-order valence-corrected chi connectivity index (χ4v) is 10.4. The molecule has 2 aromatic heterocycles. The zero-order valence-electron chi connectivity index (χ0n) is 40.6. The molecule has 3 fully saturated rings. The largest absolute Gasteiger partial charge is 0.465 e. The van der Waals surface area contributed by atoms with E-state index in [-0.39, 0.29) is 53.2 Å². The van der Waals surface area contributed by atoms with Crippen LogP contribution < -0.4 is 15.5 Å². The van der Waals surface area contributed by atoms with Crippen LogP contribution in [0.2, 0.25) is 0 Å². The van der Waals surface area contributed by atoms with Crippen LogP contribution in [0.4, 0.5) is 15.3 Å². The average Bonchev–Trinajstić information content (AvgIpc) is 4.18. The molecule has 0 aliphatic carbocycles. The van der Waals surface area contributed by atoms with Gasteiger partial charge in [-0.05, 0) is 96.7 Å². The second kappa shape index (κ2) is 19.9. The molecule has 0 unspecified atom stereocenters. The van der Waals surface area contributed by atoms with Crippen molar-refractivity contribution >= 4 is 29.7 Å². The normalized spacial score (nSPS) is 20.5. The minimum atomic E-state index is -1.21. The van der Waals surface area contributed by atoms with Crippen molar-refractivity contribution in [2.75, 3.05) is 25.1 Å². The number of likely N-dealkylation sites (tertiary alicyclic amines) is 2. The van der Waals surface area contributed by atoms with Gasteiger partial charge in [0, 0.05) is 29.9 Å². The van der Waals surface area contributed by atoms with Crippen molar-refractivity contribution < 1.29 is 29.0 Å². The average molecular weight is 926 g/mol. The Morgan fingerprint density at radius 1 is 0.647 bits per heavy atom. The Labute approximate surface area is 399 Å². The molecule has 0 bridgehead atoms. The van der Waals surface area contributed by atoms with E-state index in [1.165, 1.54) is 29.5 Å². The lowest BCUT2D eigenvalue weighted by Crippen LogP contribution is -2.51. The molecule has 0 saturated carbocycles. The maximum atomic E-state index is 13.7. The van der Waals surface area contributed by atoms with Crippen LogP contribution in [0.25, 0.3) is 22.5 Å². The number of amides is 4. The van der Waals surface area contributed by atoms with E-state index in [2.05, 4.69) is 124 Å². The predicted octanol–water partition coefficient (Wildman–Crippen LogP) is 9.85. The minimum Gasteiger partial charge on any atom is -0.465 e. The van der Waals surface area contributed by atoms with Gasteiger partial charge in [0.15, 0.2) is 0 Å². The van der Waals surface area contributed by atoms with Gasteiger partial charge in [-0.1, -0.05) is 109 Å². The molecule has 6 atom stereocenters. The molecule has 5 aromatic rings. The van der Waals surface area contributed by atoms with Crippen molar-refractivity contribution in [1.82, 2.24) is 40.8 Å². The molecule has 3 aliphatic heterocycles. The van der Waals surface area contributed by atoms with Gasteiger partial charge in [0.1, 0.15) is 12.1 Å². The van der Waals surface area contributed by atoms with E-state index in [0.717, 1.165) is 72.4 Å². The summed E-state index contributed by atoms with van der Waals surface area (Å²) >= 11 is 0. The number of H-pyrrole nitrogens is 2. The summed E-state index contributed by atoms with van der Waals surface area (Å²) in [7, 11) is 1.30. The number of aromatic amines is 2. The first-order chi connectivity index (χ1) is 32.5. The third-order valence-electron chi connectivity index (χ3n) is 14.2. The molecule has 5 heterocycles. The highest BCUT2D eigenvalue weighted by molar-refractivity contribution is 5.87. The molecular formula is C53H67N9O6. The Balaban J connectivity index is 1.00.